The van der Waals surface area contributed by atoms with Crippen molar-refractivity contribution in [3.8, 4) is 0 Å². The minimum atomic E-state index is -4.92. The number of sulfonamides is 1. The average molecular weight is 795 g/mol. The summed E-state index contributed by atoms with van der Waals surface area (Å²) >= 11 is 18.6. The van der Waals surface area contributed by atoms with Gasteiger partial charge in [-0.15, -0.1) is 0 Å². The number of alkyl halides is 3. The van der Waals surface area contributed by atoms with Crippen LogP contribution in [0.1, 0.15) is 54.4 Å². The molecule has 0 heterocycles. The second-order valence-electron chi connectivity index (χ2n) is 12.8. The van der Waals surface area contributed by atoms with Crippen LogP contribution in [0.25, 0.3) is 0 Å². The van der Waals surface area contributed by atoms with Gasteiger partial charge in [0.05, 0.1) is 21.2 Å². The maximum Gasteiger partial charge on any atom is 0.417 e. The van der Waals surface area contributed by atoms with Gasteiger partial charge in [-0.1, -0.05) is 108 Å². The first-order valence-corrected chi connectivity index (χ1v) is 19.2. The van der Waals surface area contributed by atoms with Gasteiger partial charge in [-0.3, -0.25) is 13.9 Å². The number of benzene rings is 4. The first-order chi connectivity index (χ1) is 24.6. The van der Waals surface area contributed by atoms with Crippen molar-refractivity contribution in [2.45, 2.75) is 75.1 Å². The maximum atomic E-state index is 14.7. The number of halogens is 6. The molecule has 1 N–H and O–H groups in total. The van der Waals surface area contributed by atoms with Crippen LogP contribution in [0.2, 0.25) is 15.1 Å². The fourth-order valence-electron chi connectivity index (χ4n) is 6.18. The molecule has 4 aromatic carbocycles. The number of hydrogen-bond donors (Lipinski definition) is 1. The molecule has 0 radical (unpaired) electrons. The van der Waals surface area contributed by atoms with E-state index in [1.165, 1.54) is 35.2 Å². The van der Waals surface area contributed by atoms with Gasteiger partial charge in [0, 0.05) is 29.1 Å². The van der Waals surface area contributed by atoms with E-state index in [0.29, 0.717) is 21.0 Å². The molecule has 4 aromatic rings. The van der Waals surface area contributed by atoms with E-state index >= 15 is 0 Å². The molecule has 0 aromatic heterocycles. The molecule has 14 heteroatoms. The largest absolute Gasteiger partial charge is 0.417 e. The molecule has 276 valence electrons. The van der Waals surface area contributed by atoms with Crippen LogP contribution in [-0.4, -0.2) is 43.8 Å². The molecule has 0 spiro atoms. The zero-order valence-electron chi connectivity index (χ0n) is 28.2. The summed E-state index contributed by atoms with van der Waals surface area (Å²) in [5.74, 6) is -1.31. The number of anilines is 1. The van der Waals surface area contributed by atoms with Gasteiger partial charge in [0.15, 0.2) is 0 Å². The Morgan fingerprint density at radius 3 is 2.17 bits per heavy atom. The average Bonchev–Trinajstić information content (AvgIpc) is 3.10. The van der Waals surface area contributed by atoms with Crippen LogP contribution in [0, 0.1) is 6.92 Å². The maximum absolute atomic E-state index is 14.7. The Morgan fingerprint density at radius 2 is 1.54 bits per heavy atom. The molecule has 7 nitrogen and oxygen atoms in total. The van der Waals surface area contributed by atoms with Crippen LogP contribution in [0.4, 0.5) is 18.9 Å². The van der Waals surface area contributed by atoms with Crippen LogP contribution < -0.4 is 9.62 Å². The van der Waals surface area contributed by atoms with E-state index in [-0.39, 0.29) is 28.9 Å². The van der Waals surface area contributed by atoms with Crippen molar-refractivity contribution >= 4 is 62.3 Å². The molecule has 5 rings (SSSR count). The quantitative estimate of drug-likeness (QED) is 0.155. The van der Waals surface area contributed by atoms with Gasteiger partial charge in [0.25, 0.3) is 10.0 Å². The third-order valence-corrected chi connectivity index (χ3v) is 11.7. The SMILES string of the molecule is Cc1ccc(S(=O)(=O)N(CC(=O)N(Cc2ccc(Cl)cc2Cl)[C@H](Cc2ccccc2)C(=O)NC2CCCCC2)c2ccc(Cl)c(C(F)(F)F)c2)cc1. The minimum absolute atomic E-state index is 0.0558. The lowest BCUT2D eigenvalue weighted by molar-refractivity contribution is -0.140. The highest BCUT2D eigenvalue weighted by Crippen LogP contribution is 2.38. The van der Waals surface area contributed by atoms with Gasteiger partial charge < -0.3 is 10.2 Å². The summed E-state index contributed by atoms with van der Waals surface area (Å²) in [5.41, 5.74) is 0.166. The van der Waals surface area contributed by atoms with Gasteiger partial charge >= 0.3 is 6.18 Å². The number of amides is 2. The zero-order valence-corrected chi connectivity index (χ0v) is 31.3. The van der Waals surface area contributed by atoms with E-state index in [9.17, 15) is 31.2 Å². The van der Waals surface area contributed by atoms with Gasteiger partial charge in [0.2, 0.25) is 11.8 Å². The van der Waals surface area contributed by atoms with Crippen molar-refractivity contribution < 1.29 is 31.2 Å². The first-order valence-electron chi connectivity index (χ1n) is 16.7. The normalized spacial score (nSPS) is 14.4. The second-order valence-corrected chi connectivity index (χ2v) is 15.9. The Morgan fingerprint density at radius 1 is 0.865 bits per heavy atom. The van der Waals surface area contributed by atoms with Crippen LogP contribution in [0.5, 0.6) is 0 Å². The number of hydrogen-bond acceptors (Lipinski definition) is 4. The van der Waals surface area contributed by atoms with E-state index in [0.717, 1.165) is 55.4 Å². The number of nitrogens with one attached hydrogen (secondary N) is 1. The first kappa shape index (κ1) is 39.4. The third kappa shape index (κ3) is 9.80. The van der Waals surface area contributed by atoms with E-state index in [2.05, 4.69) is 5.32 Å². The van der Waals surface area contributed by atoms with Crippen LogP contribution in [0.3, 0.4) is 0 Å². The molecule has 2 amide bonds. The van der Waals surface area contributed by atoms with Crippen LogP contribution in [-0.2, 0) is 38.8 Å². The zero-order chi connectivity index (χ0) is 37.6. The summed E-state index contributed by atoms with van der Waals surface area (Å²) in [6, 6.07) is 20.7. The molecule has 52 heavy (non-hydrogen) atoms. The molecule has 0 unspecified atom stereocenters. The van der Waals surface area contributed by atoms with Crippen molar-refractivity contribution in [2.24, 2.45) is 0 Å². The molecular formula is C38H37Cl3F3N3O4S. The summed E-state index contributed by atoms with van der Waals surface area (Å²) in [6.45, 7) is 0.553. The summed E-state index contributed by atoms with van der Waals surface area (Å²) in [4.78, 5) is 30.0. The molecule has 0 aliphatic heterocycles. The topological polar surface area (TPSA) is 86.8 Å². The van der Waals surface area contributed by atoms with Crippen LogP contribution in [0.15, 0.2) is 95.9 Å². The third-order valence-electron chi connectivity index (χ3n) is 9.01. The Hall–Kier alpha value is -3.77. The Labute approximate surface area is 316 Å². The molecule has 1 fully saturated rings. The Bertz CT molecular complexity index is 1990. The lowest BCUT2D eigenvalue weighted by Gasteiger charge is -2.35. The van der Waals surface area contributed by atoms with Crippen molar-refractivity contribution in [2.75, 3.05) is 10.8 Å². The number of carbonyl (C=O) groups is 2. The summed E-state index contributed by atoms with van der Waals surface area (Å²) in [5, 5.41) is 3.00. The standard InChI is InChI=1S/C38H37Cl3F3N3O4S/c1-25-12-17-31(18-13-25)52(50,51)47(30-16-19-33(40)32(22-30)38(42,43)44)24-36(48)46(23-27-14-15-28(39)21-34(27)41)35(20-26-8-4-2-5-9-26)37(49)45-29-10-6-3-7-11-29/h2,4-5,8-9,12-19,21-22,29,35H,3,6-7,10-11,20,23-24H2,1H3,(H,45,49)/t35-/m1/s1. The van der Waals surface area contributed by atoms with Crippen LogP contribution >= 0.6 is 34.8 Å². The van der Waals surface area contributed by atoms with Crippen molar-refractivity contribution in [1.29, 1.82) is 0 Å². The van der Waals surface area contributed by atoms with Gasteiger partial charge in [-0.2, -0.15) is 13.2 Å². The molecule has 0 saturated heterocycles. The Balaban J connectivity index is 1.63. The predicted molar refractivity (Wildman–Crippen MR) is 198 cm³/mol. The highest BCUT2D eigenvalue weighted by Gasteiger charge is 2.38. The minimum Gasteiger partial charge on any atom is -0.352 e. The number of carbonyl (C=O) groups excluding carboxylic acids is 2. The van der Waals surface area contributed by atoms with Crippen molar-refractivity contribution in [3.05, 3.63) is 128 Å². The summed E-state index contributed by atoms with van der Waals surface area (Å²) < 4.78 is 71.3. The smallest absolute Gasteiger partial charge is 0.352 e. The van der Waals surface area contributed by atoms with Gasteiger partial charge in [-0.05, 0) is 73.4 Å². The lowest BCUT2D eigenvalue weighted by Crippen LogP contribution is -2.55. The molecule has 1 aliphatic rings. The van der Waals surface area contributed by atoms with Gasteiger partial charge in [0.1, 0.15) is 12.6 Å². The molecule has 1 atom stereocenters. The number of aryl methyl sites for hydroxylation is 1. The van der Waals surface area contributed by atoms with Crippen molar-refractivity contribution in [3.63, 3.8) is 0 Å². The number of rotatable bonds is 12. The molecule has 1 saturated carbocycles. The fourth-order valence-corrected chi connectivity index (χ4v) is 8.28. The monoisotopic (exact) mass is 793 g/mol. The summed E-state index contributed by atoms with van der Waals surface area (Å²) in [7, 11) is -4.66. The van der Waals surface area contributed by atoms with E-state index in [1.807, 2.05) is 6.07 Å². The van der Waals surface area contributed by atoms with Gasteiger partial charge in [-0.25, -0.2) is 8.42 Å². The van der Waals surface area contributed by atoms with E-state index in [1.54, 1.807) is 43.3 Å². The highest BCUT2D eigenvalue weighted by atomic mass is 35.5. The van der Waals surface area contributed by atoms with E-state index < -0.39 is 56.9 Å². The fraction of sp³-hybridized carbons (Fsp3) is 0.316. The lowest BCUT2D eigenvalue weighted by atomic mass is 9.94. The van der Waals surface area contributed by atoms with E-state index in [4.69, 9.17) is 34.8 Å². The molecule has 1 aliphatic carbocycles. The summed E-state index contributed by atoms with van der Waals surface area (Å²) in [6.07, 6.45) is -0.422. The van der Waals surface area contributed by atoms with Crippen molar-refractivity contribution in [1.82, 2.24) is 10.2 Å². The second kappa shape index (κ2) is 16.9. The number of nitrogens with zero attached hydrogens (tertiary/aromatic N) is 2. The highest BCUT2D eigenvalue weighted by molar-refractivity contribution is 7.92. The predicted octanol–water partition coefficient (Wildman–Crippen LogP) is 9.26. The molecular weight excluding hydrogens is 758 g/mol. The Kier molecular flexibility index (Phi) is 12.8. The molecule has 0 bridgehead atoms.